The number of hydrogen-bond donors (Lipinski definition) is 1. The maximum Gasteiger partial charge on any atom is 0.341 e. The lowest BCUT2D eigenvalue weighted by Crippen LogP contribution is -2.20. The van der Waals surface area contributed by atoms with E-state index in [1.165, 1.54) is 7.11 Å². The first-order chi connectivity index (χ1) is 10.3. The average molecular weight is 369 g/mol. The largest absolute Gasteiger partial charge is 0.465 e. The van der Waals surface area contributed by atoms with Crippen LogP contribution < -0.4 is 5.73 Å². The van der Waals surface area contributed by atoms with Gasteiger partial charge in [-0.2, -0.15) is 0 Å². The fourth-order valence-corrected chi connectivity index (χ4v) is 2.14. The lowest BCUT2D eigenvalue weighted by Gasteiger charge is -2.11. The molecular formula is C17H25BrN2O2. The summed E-state index contributed by atoms with van der Waals surface area (Å²) in [6.45, 7) is 7.66. The molecule has 0 saturated carbocycles. The smallest absolute Gasteiger partial charge is 0.341 e. The number of rotatable bonds is 6. The molecule has 0 atom stereocenters. The second kappa shape index (κ2) is 10.2. The molecule has 0 aliphatic rings. The van der Waals surface area contributed by atoms with Gasteiger partial charge in [-0.1, -0.05) is 35.0 Å². The number of carbonyl (C=O) groups is 1. The van der Waals surface area contributed by atoms with Gasteiger partial charge in [-0.3, -0.25) is 4.99 Å². The van der Waals surface area contributed by atoms with Gasteiger partial charge >= 0.3 is 5.97 Å². The number of halogens is 1. The van der Waals surface area contributed by atoms with Gasteiger partial charge in [0.1, 0.15) is 5.57 Å². The molecule has 0 fully saturated rings. The highest BCUT2D eigenvalue weighted by molar-refractivity contribution is 9.12. The van der Waals surface area contributed by atoms with Crippen molar-refractivity contribution in [3.8, 4) is 0 Å². The van der Waals surface area contributed by atoms with E-state index in [1.807, 2.05) is 26.0 Å². The molecule has 0 aromatic carbocycles. The van der Waals surface area contributed by atoms with E-state index in [1.54, 1.807) is 14.0 Å². The summed E-state index contributed by atoms with van der Waals surface area (Å²) in [6.07, 6.45) is 6.93. The number of aliphatic imine (C=N–C) groups is 1. The third kappa shape index (κ3) is 6.02. The molecule has 0 radical (unpaired) electrons. The molecule has 5 heteroatoms. The van der Waals surface area contributed by atoms with E-state index < -0.39 is 5.97 Å². The average Bonchev–Trinajstić information content (AvgIpc) is 2.48. The van der Waals surface area contributed by atoms with Crippen molar-refractivity contribution in [1.29, 1.82) is 0 Å². The summed E-state index contributed by atoms with van der Waals surface area (Å²) >= 11 is 3.53. The van der Waals surface area contributed by atoms with Crippen molar-refractivity contribution in [3.63, 3.8) is 0 Å². The quantitative estimate of drug-likeness (QED) is 0.333. The van der Waals surface area contributed by atoms with Crippen molar-refractivity contribution < 1.29 is 9.53 Å². The third-order valence-corrected chi connectivity index (χ3v) is 3.87. The lowest BCUT2D eigenvalue weighted by molar-refractivity contribution is -0.135. The zero-order chi connectivity index (χ0) is 17.3. The maximum absolute atomic E-state index is 11.9. The van der Waals surface area contributed by atoms with Crippen LogP contribution in [0.1, 0.15) is 34.1 Å². The Balaban J connectivity index is 5.66. The fraction of sp³-hybridized carbons (Fsp3) is 0.412. The van der Waals surface area contributed by atoms with E-state index in [2.05, 4.69) is 33.9 Å². The number of ether oxygens (including phenoxy) is 1. The summed E-state index contributed by atoms with van der Waals surface area (Å²) in [6, 6.07) is 0. The van der Waals surface area contributed by atoms with E-state index >= 15 is 0 Å². The molecule has 0 heterocycles. The van der Waals surface area contributed by atoms with Crippen LogP contribution in [0.2, 0.25) is 0 Å². The maximum atomic E-state index is 11.9. The van der Waals surface area contributed by atoms with Crippen LogP contribution in [0.15, 0.2) is 50.1 Å². The van der Waals surface area contributed by atoms with Crippen molar-refractivity contribution in [2.24, 2.45) is 10.7 Å². The second-order valence-electron chi connectivity index (χ2n) is 4.78. The van der Waals surface area contributed by atoms with E-state index in [4.69, 9.17) is 10.5 Å². The first kappa shape index (κ1) is 20.4. The number of hydrogen-bond acceptors (Lipinski definition) is 4. The molecular weight excluding hydrogens is 344 g/mol. The van der Waals surface area contributed by atoms with E-state index in [0.717, 1.165) is 22.0 Å². The zero-order valence-electron chi connectivity index (χ0n) is 14.2. The first-order valence-corrected chi connectivity index (χ1v) is 7.82. The highest BCUT2D eigenvalue weighted by Gasteiger charge is 2.19. The first-order valence-electron chi connectivity index (χ1n) is 7.03. The van der Waals surface area contributed by atoms with Crippen molar-refractivity contribution in [2.75, 3.05) is 14.2 Å². The number of esters is 1. The molecule has 0 aliphatic carbocycles. The van der Waals surface area contributed by atoms with Crippen LogP contribution in [-0.4, -0.2) is 25.8 Å². The van der Waals surface area contributed by atoms with Crippen LogP contribution in [0, 0.1) is 0 Å². The van der Waals surface area contributed by atoms with Crippen molar-refractivity contribution >= 4 is 27.6 Å². The number of carbonyl (C=O) groups excluding carboxylic acids is 1. The van der Waals surface area contributed by atoms with Gasteiger partial charge in [0.2, 0.25) is 0 Å². The highest BCUT2D eigenvalue weighted by atomic mass is 79.9. The third-order valence-electron chi connectivity index (χ3n) is 2.98. The van der Waals surface area contributed by atoms with Gasteiger partial charge in [-0.05, 0) is 44.4 Å². The van der Waals surface area contributed by atoms with Gasteiger partial charge in [-0.25, -0.2) is 4.79 Å². The standard InChI is InChI=1S/C17H25BrN2O2/c1-7-8-11(2)14(18)10-9-12(3)16(20-5)15(13(4)19)17(21)22-6/h8-10H,7,19H2,1-6H3/b11-8+,12-9+,14-10+,15-13+,20-16?. The molecule has 0 amide bonds. The molecule has 0 unspecified atom stereocenters. The summed E-state index contributed by atoms with van der Waals surface area (Å²) in [5.74, 6) is -0.488. The normalized spacial score (nSPS) is 15.6. The number of nitrogens with zero attached hydrogens (tertiary/aromatic N) is 1. The van der Waals surface area contributed by atoms with Gasteiger partial charge in [-0.15, -0.1) is 0 Å². The molecule has 122 valence electrons. The van der Waals surface area contributed by atoms with Crippen LogP contribution in [-0.2, 0) is 9.53 Å². The summed E-state index contributed by atoms with van der Waals surface area (Å²) in [7, 11) is 2.95. The Labute approximate surface area is 141 Å². The van der Waals surface area contributed by atoms with Crippen molar-refractivity contribution in [2.45, 2.75) is 34.1 Å². The van der Waals surface area contributed by atoms with E-state index in [9.17, 15) is 4.79 Å². The van der Waals surface area contributed by atoms with Crippen LogP contribution >= 0.6 is 15.9 Å². The van der Waals surface area contributed by atoms with Crippen LogP contribution in [0.3, 0.4) is 0 Å². The monoisotopic (exact) mass is 368 g/mol. The molecule has 0 aromatic heterocycles. The minimum absolute atomic E-state index is 0.295. The zero-order valence-corrected chi connectivity index (χ0v) is 15.7. The van der Waals surface area contributed by atoms with E-state index in [0.29, 0.717) is 17.0 Å². The Kier molecular flexibility index (Phi) is 9.42. The molecule has 0 spiro atoms. The molecule has 0 bridgehead atoms. The Morgan fingerprint density at radius 1 is 1.23 bits per heavy atom. The van der Waals surface area contributed by atoms with Crippen LogP contribution in [0.4, 0.5) is 0 Å². The summed E-state index contributed by atoms with van der Waals surface area (Å²) in [5, 5.41) is 0. The topological polar surface area (TPSA) is 64.7 Å². The SMILES string of the molecule is CC/C=C(C)/C(Br)=C\C=C(/C)C(=NC)/C(C(=O)OC)=C(/C)N. The van der Waals surface area contributed by atoms with Gasteiger partial charge in [0.05, 0.1) is 12.8 Å². The van der Waals surface area contributed by atoms with Crippen LogP contribution in [0.25, 0.3) is 0 Å². The highest BCUT2D eigenvalue weighted by Crippen LogP contribution is 2.19. The Hall–Kier alpha value is -1.62. The summed E-state index contributed by atoms with van der Waals surface area (Å²) in [4.78, 5) is 16.1. The summed E-state index contributed by atoms with van der Waals surface area (Å²) in [5.41, 5.74) is 8.99. The molecule has 0 saturated heterocycles. The van der Waals surface area contributed by atoms with Gasteiger partial charge in [0.25, 0.3) is 0 Å². The van der Waals surface area contributed by atoms with E-state index in [-0.39, 0.29) is 0 Å². The minimum atomic E-state index is -0.488. The molecule has 0 aromatic rings. The van der Waals surface area contributed by atoms with Gasteiger partial charge in [0, 0.05) is 17.2 Å². The number of allylic oxidation sites excluding steroid dienone is 7. The molecule has 0 rings (SSSR count). The predicted molar refractivity (Wildman–Crippen MR) is 97.1 cm³/mol. The van der Waals surface area contributed by atoms with Crippen molar-refractivity contribution in [1.82, 2.24) is 0 Å². The van der Waals surface area contributed by atoms with Gasteiger partial charge in [0.15, 0.2) is 0 Å². The molecule has 4 nitrogen and oxygen atoms in total. The molecule has 22 heavy (non-hydrogen) atoms. The fourth-order valence-electron chi connectivity index (χ4n) is 1.84. The van der Waals surface area contributed by atoms with Crippen molar-refractivity contribution in [3.05, 3.63) is 45.1 Å². The second-order valence-corrected chi connectivity index (χ2v) is 5.64. The van der Waals surface area contributed by atoms with Gasteiger partial charge < -0.3 is 10.5 Å². The molecule has 0 aliphatic heterocycles. The number of methoxy groups -OCH3 is 1. The Bertz CT molecular complexity index is 563. The lowest BCUT2D eigenvalue weighted by atomic mass is 10.0. The number of nitrogens with two attached hydrogens (primary N) is 1. The summed E-state index contributed by atoms with van der Waals surface area (Å²) < 4.78 is 5.77. The van der Waals surface area contributed by atoms with Crippen LogP contribution in [0.5, 0.6) is 0 Å². The Morgan fingerprint density at radius 2 is 1.82 bits per heavy atom. The molecule has 2 N–H and O–H groups in total. The minimum Gasteiger partial charge on any atom is -0.465 e. The predicted octanol–water partition coefficient (Wildman–Crippen LogP) is 4.04. The Morgan fingerprint density at radius 3 is 2.23 bits per heavy atom.